The summed E-state index contributed by atoms with van der Waals surface area (Å²) >= 11 is 0. The van der Waals surface area contributed by atoms with E-state index < -0.39 is 11.7 Å². The van der Waals surface area contributed by atoms with E-state index in [0.717, 1.165) is 54.3 Å². The van der Waals surface area contributed by atoms with Gasteiger partial charge in [-0.15, -0.1) is 0 Å². The van der Waals surface area contributed by atoms with Gasteiger partial charge in [-0.2, -0.15) is 13.2 Å². The van der Waals surface area contributed by atoms with E-state index in [9.17, 15) is 22.8 Å². The molecule has 0 saturated heterocycles. The molecule has 4 aliphatic carbocycles. The summed E-state index contributed by atoms with van der Waals surface area (Å²) in [6.07, 6.45) is 5.74. The summed E-state index contributed by atoms with van der Waals surface area (Å²) in [5, 5.41) is 4.48. The largest absolute Gasteiger partial charge is 0.416 e. The van der Waals surface area contributed by atoms with Crippen LogP contribution in [0.15, 0.2) is 54.7 Å². The number of fused-ring (bicyclic) bond motifs is 1. The number of halogens is 3. The fraction of sp³-hybridized carbons (Fsp3) is 0.529. The number of benzene rings is 2. The van der Waals surface area contributed by atoms with Gasteiger partial charge >= 0.3 is 12.2 Å². The van der Waals surface area contributed by atoms with Gasteiger partial charge in [0.25, 0.3) is 0 Å². The van der Waals surface area contributed by atoms with Crippen LogP contribution in [0, 0.1) is 17.8 Å². The van der Waals surface area contributed by atoms with E-state index in [1.807, 2.05) is 37.4 Å². The molecule has 2 N–H and O–H groups in total. The van der Waals surface area contributed by atoms with Crippen molar-refractivity contribution in [2.75, 3.05) is 19.6 Å². The first-order chi connectivity index (χ1) is 20.6. The minimum Gasteiger partial charge on any atom is -0.361 e. The van der Waals surface area contributed by atoms with Crippen molar-refractivity contribution < 1.29 is 22.8 Å². The van der Waals surface area contributed by atoms with Crippen molar-refractivity contribution in [3.8, 4) is 0 Å². The Morgan fingerprint density at radius 1 is 0.930 bits per heavy atom. The molecule has 2 aromatic carbocycles. The minimum atomic E-state index is -4.42. The maximum Gasteiger partial charge on any atom is 0.416 e. The van der Waals surface area contributed by atoms with Crippen molar-refractivity contribution >= 4 is 22.8 Å². The Labute approximate surface area is 251 Å². The number of aromatic amines is 1. The van der Waals surface area contributed by atoms with Gasteiger partial charge in [-0.3, -0.25) is 4.79 Å². The third-order valence-corrected chi connectivity index (χ3v) is 9.85. The molecule has 0 unspecified atom stereocenters. The molecule has 230 valence electrons. The van der Waals surface area contributed by atoms with Crippen LogP contribution in [-0.2, 0) is 23.9 Å². The number of hydrogen-bond donors (Lipinski definition) is 2. The molecule has 3 amide bonds. The summed E-state index contributed by atoms with van der Waals surface area (Å²) in [5.41, 5.74) is 1.80. The SMILES string of the molecule is CCCN(CC(=O)N(CCc1c[nH]c2ccccc12)Cc1ccc(C(F)(F)F)cc1)C(=O)NC12CC3CC(CC(C3)C1)C2. The molecule has 0 atom stereocenters. The number of alkyl halides is 3. The Hall–Kier alpha value is -3.49. The Bertz CT molecular complexity index is 1410. The number of carbonyl (C=O) groups excluding carboxylic acids is 2. The smallest absolute Gasteiger partial charge is 0.361 e. The van der Waals surface area contributed by atoms with Gasteiger partial charge in [0, 0.05) is 42.3 Å². The van der Waals surface area contributed by atoms with Crippen molar-refractivity contribution in [2.45, 2.75) is 76.6 Å². The molecule has 4 fully saturated rings. The average Bonchev–Trinajstić information content (AvgIpc) is 3.37. The molecule has 4 saturated carbocycles. The molecule has 0 aliphatic heterocycles. The van der Waals surface area contributed by atoms with Gasteiger partial charge in [-0.1, -0.05) is 37.3 Å². The predicted octanol–water partition coefficient (Wildman–Crippen LogP) is 7.15. The molecular formula is C34H41F3N4O2. The van der Waals surface area contributed by atoms with Crippen molar-refractivity contribution in [1.82, 2.24) is 20.1 Å². The number of aromatic nitrogens is 1. The first kappa shape index (κ1) is 29.6. The highest BCUT2D eigenvalue weighted by atomic mass is 19.4. The van der Waals surface area contributed by atoms with Crippen molar-refractivity contribution in [3.05, 3.63) is 71.4 Å². The van der Waals surface area contributed by atoms with Crippen LogP contribution in [0.25, 0.3) is 10.9 Å². The van der Waals surface area contributed by atoms with Crippen molar-refractivity contribution in [1.29, 1.82) is 0 Å². The average molecular weight is 595 g/mol. The van der Waals surface area contributed by atoms with Gasteiger partial charge < -0.3 is 20.1 Å². The second-order valence-electron chi connectivity index (χ2n) is 13.2. The van der Waals surface area contributed by atoms with Crippen molar-refractivity contribution in [3.63, 3.8) is 0 Å². The van der Waals surface area contributed by atoms with Crippen LogP contribution in [0.3, 0.4) is 0 Å². The molecule has 0 radical (unpaired) electrons. The van der Waals surface area contributed by atoms with Crippen LogP contribution < -0.4 is 5.32 Å². The summed E-state index contributed by atoms with van der Waals surface area (Å²) in [6, 6.07) is 12.7. The Kier molecular flexibility index (Phi) is 8.18. The normalized spacial score (nSPS) is 24.3. The number of para-hydroxylation sites is 1. The quantitative estimate of drug-likeness (QED) is 0.262. The zero-order valence-corrected chi connectivity index (χ0v) is 24.8. The number of carbonyl (C=O) groups is 2. The standard InChI is InChI=1S/C34H41F3N4O2/c1-2-12-41(32(43)39-33-17-24-14-25(18-33)16-26(15-24)19-33)22-31(42)40(21-23-7-9-28(10-8-23)34(35,36)37)13-11-27-20-38-30-6-4-3-5-29(27)30/h3-10,20,24-26,38H,2,11-19,21-22H2,1H3,(H,39,43). The lowest BCUT2D eigenvalue weighted by Crippen LogP contribution is -2.62. The number of nitrogens with one attached hydrogen (secondary N) is 2. The zero-order valence-electron chi connectivity index (χ0n) is 24.8. The van der Waals surface area contributed by atoms with E-state index in [1.165, 1.54) is 31.4 Å². The van der Waals surface area contributed by atoms with Gasteiger partial charge in [0.2, 0.25) is 5.91 Å². The summed E-state index contributed by atoms with van der Waals surface area (Å²) in [5.74, 6) is 1.86. The predicted molar refractivity (Wildman–Crippen MR) is 160 cm³/mol. The lowest BCUT2D eigenvalue weighted by atomic mass is 9.53. The molecule has 1 aromatic heterocycles. The third-order valence-electron chi connectivity index (χ3n) is 9.85. The highest BCUT2D eigenvalue weighted by molar-refractivity contribution is 5.85. The first-order valence-corrected chi connectivity index (χ1v) is 15.7. The Balaban J connectivity index is 1.17. The van der Waals surface area contributed by atoms with Gasteiger partial charge in [0.15, 0.2) is 0 Å². The van der Waals surface area contributed by atoms with Crippen LogP contribution in [-0.4, -0.2) is 51.9 Å². The lowest BCUT2D eigenvalue weighted by molar-refractivity contribution is -0.137. The number of urea groups is 1. The van der Waals surface area contributed by atoms with Gasteiger partial charge in [0.05, 0.1) is 5.56 Å². The van der Waals surface area contributed by atoms with E-state index in [4.69, 9.17) is 0 Å². The van der Waals surface area contributed by atoms with E-state index in [2.05, 4.69) is 10.3 Å². The molecule has 6 nitrogen and oxygen atoms in total. The summed E-state index contributed by atoms with van der Waals surface area (Å²) < 4.78 is 39.5. The van der Waals surface area contributed by atoms with Crippen molar-refractivity contribution in [2.24, 2.45) is 17.8 Å². The maximum absolute atomic E-state index is 13.9. The topological polar surface area (TPSA) is 68.4 Å². The molecule has 7 rings (SSSR count). The highest BCUT2D eigenvalue weighted by Gasteiger charge is 2.51. The molecule has 4 bridgehead atoms. The molecular weight excluding hydrogens is 553 g/mol. The van der Waals surface area contributed by atoms with E-state index in [1.54, 1.807) is 9.80 Å². The monoisotopic (exact) mass is 594 g/mol. The number of nitrogens with zero attached hydrogens (tertiary/aromatic N) is 2. The third kappa shape index (κ3) is 6.55. The van der Waals surface area contributed by atoms with E-state index >= 15 is 0 Å². The van der Waals surface area contributed by atoms with Crippen LogP contribution in [0.5, 0.6) is 0 Å². The molecule has 43 heavy (non-hydrogen) atoms. The van der Waals surface area contributed by atoms with Crippen LogP contribution in [0.2, 0.25) is 0 Å². The summed E-state index contributed by atoms with van der Waals surface area (Å²) in [6.45, 7) is 2.92. The molecule has 1 heterocycles. The molecule has 9 heteroatoms. The molecule has 4 aliphatic rings. The molecule has 0 spiro atoms. The number of hydrogen-bond acceptors (Lipinski definition) is 2. The Morgan fingerprint density at radius 3 is 2.21 bits per heavy atom. The number of amides is 3. The van der Waals surface area contributed by atoms with E-state index in [-0.39, 0.29) is 30.6 Å². The highest BCUT2D eigenvalue weighted by Crippen LogP contribution is 2.55. The summed E-state index contributed by atoms with van der Waals surface area (Å²) in [7, 11) is 0. The number of rotatable bonds is 10. The van der Waals surface area contributed by atoms with Gasteiger partial charge in [-0.25, -0.2) is 4.79 Å². The fourth-order valence-corrected chi connectivity index (χ4v) is 8.26. The van der Waals surface area contributed by atoms with Crippen LogP contribution in [0.1, 0.15) is 68.6 Å². The zero-order chi connectivity index (χ0) is 30.2. The maximum atomic E-state index is 13.9. The van der Waals surface area contributed by atoms with Gasteiger partial charge in [0.1, 0.15) is 6.54 Å². The van der Waals surface area contributed by atoms with Crippen LogP contribution >= 0.6 is 0 Å². The molecule has 3 aromatic rings. The number of H-pyrrole nitrogens is 1. The first-order valence-electron chi connectivity index (χ1n) is 15.7. The minimum absolute atomic E-state index is 0.0689. The second kappa shape index (κ2) is 11.9. The van der Waals surface area contributed by atoms with Crippen LogP contribution in [0.4, 0.5) is 18.0 Å². The fourth-order valence-electron chi connectivity index (χ4n) is 8.26. The summed E-state index contributed by atoms with van der Waals surface area (Å²) in [4.78, 5) is 34.1. The van der Waals surface area contributed by atoms with E-state index in [0.29, 0.717) is 42.8 Å². The Morgan fingerprint density at radius 2 is 1.58 bits per heavy atom. The lowest BCUT2D eigenvalue weighted by Gasteiger charge is -2.57. The van der Waals surface area contributed by atoms with Gasteiger partial charge in [-0.05, 0) is 98.4 Å². The second-order valence-corrected chi connectivity index (χ2v) is 13.2.